The fourth-order valence-corrected chi connectivity index (χ4v) is 14.3. The van der Waals surface area contributed by atoms with E-state index in [9.17, 15) is 43.2 Å². The van der Waals surface area contributed by atoms with Crippen LogP contribution < -0.4 is 0 Å². The number of aliphatic hydroxyl groups excluding tert-OH is 1. The Morgan fingerprint density at radius 1 is 0.287 bits per heavy atom. The van der Waals surface area contributed by atoms with Crippen LogP contribution in [0.1, 0.15) is 433 Å². The number of hydrogen-bond acceptors (Lipinski definition) is 15. The van der Waals surface area contributed by atoms with Gasteiger partial charge in [0, 0.05) is 25.7 Å². The van der Waals surface area contributed by atoms with Crippen molar-refractivity contribution in [3.63, 3.8) is 0 Å². The minimum Gasteiger partial charge on any atom is -0.462 e. The van der Waals surface area contributed by atoms with Gasteiger partial charge in [-0.3, -0.25) is 37.3 Å². The van der Waals surface area contributed by atoms with E-state index >= 15 is 0 Å². The highest BCUT2D eigenvalue weighted by atomic mass is 31.2. The molecule has 101 heavy (non-hydrogen) atoms. The lowest BCUT2D eigenvalue weighted by Crippen LogP contribution is -2.30. The summed E-state index contributed by atoms with van der Waals surface area (Å²) in [6.07, 6.45) is 64.0. The highest BCUT2D eigenvalue weighted by Crippen LogP contribution is 2.45. The number of carbonyl (C=O) groups excluding carboxylic acids is 4. The fraction of sp³-hybridized carbons (Fsp3) is 0.951. The van der Waals surface area contributed by atoms with Gasteiger partial charge in [0.05, 0.1) is 26.4 Å². The van der Waals surface area contributed by atoms with Crippen LogP contribution in [-0.4, -0.2) is 96.7 Å². The lowest BCUT2D eigenvalue weighted by atomic mass is 10.00. The normalized spacial score (nSPS) is 14.2. The summed E-state index contributed by atoms with van der Waals surface area (Å²) in [7, 11) is -9.92. The van der Waals surface area contributed by atoms with Gasteiger partial charge in [-0.25, -0.2) is 9.13 Å². The largest absolute Gasteiger partial charge is 0.472 e. The van der Waals surface area contributed by atoms with E-state index in [1.54, 1.807) is 0 Å². The first-order valence-corrected chi connectivity index (χ1v) is 45.5. The first kappa shape index (κ1) is 99.1. The third-order valence-corrected chi connectivity index (χ3v) is 21.5. The number of ether oxygens (including phenoxy) is 4. The zero-order valence-corrected chi connectivity index (χ0v) is 68.0. The highest BCUT2D eigenvalue weighted by molar-refractivity contribution is 7.47. The Kier molecular flexibility index (Phi) is 72.2. The summed E-state index contributed by atoms with van der Waals surface area (Å²) < 4.78 is 68.7. The molecule has 0 aliphatic carbocycles. The molecule has 19 heteroatoms. The molecule has 0 bridgehead atoms. The van der Waals surface area contributed by atoms with E-state index in [0.717, 1.165) is 108 Å². The van der Waals surface area contributed by atoms with Gasteiger partial charge in [-0.2, -0.15) is 0 Å². The van der Waals surface area contributed by atoms with Crippen LogP contribution in [0, 0.1) is 11.8 Å². The maximum atomic E-state index is 13.1. The van der Waals surface area contributed by atoms with Crippen LogP contribution in [-0.2, 0) is 65.4 Å². The van der Waals surface area contributed by atoms with Gasteiger partial charge >= 0.3 is 39.5 Å². The molecule has 0 heterocycles. The summed E-state index contributed by atoms with van der Waals surface area (Å²) in [6.45, 7) is 9.59. The van der Waals surface area contributed by atoms with Gasteiger partial charge in [0.15, 0.2) is 12.2 Å². The van der Waals surface area contributed by atoms with Gasteiger partial charge in [-0.05, 0) is 37.5 Å². The predicted octanol–water partition coefficient (Wildman–Crippen LogP) is 24.7. The first-order chi connectivity index (χ1) is 48.9. The molecule has 0 aliphatic heterocycles. The first-order valence-electron chi connectivity index (χ1n) is 42.5. The molecule has 0 fully saturated rings. The van der Waals surface area contributed by atoms with Gasteiger partial charge in [0.25, 0.3) is 0 Å². The second-order valence-electron chi connectivity index (χ2n) is 30.2. The Bertz CT molecular complexity index is 1940. The number of aliphatic hydroxyl groups is 1. The molecule has 0 spiro atoms. The minimum atomic E-state index is -4.96. The summed E-state index contributed by atoms with van der Waals surface area (Å²) in [6, 6.07) is 0. The molecule has 0 saturated carbocycles. The van der Waals surface area contributed by atoms with E-state index in [0.29, 0.717) is 25.7 Å². The van der Waals surface area contributed by atoms with Gasteiger partial charge in [-0.1, -0.05) is 382 Å². The van der Waals surface area contributed by atoms with Crippen molar-refractivity contribution in [3.8, 4) is 0 Å². The molecule has 0 amide bonds. The van der Waals surface area contributed by atoms with Crippen LogP contribution in [0.25, 0.3) is 0 Å². The van der Waals surface area contributed by atoms with Crippen molar-refractivity contribution >= 4 is 39.5 Å². The Hall–Kier alpha value is -1.94. The molecule has 3 N–H and O–H groups in total. The fourth-order valence-electron chi connectivity index (χ4n) is 12.7. The van der Waals surface area contributed by atoms with E-state index < -0.39 is 97.5 Å². The summed E-state index contributed by atoms with van der Waals surface area (Å²) in [5, 5.41) is 10.6. The van der Waals surface area contributed by atoms with Crippen LogP contribution in [0.3, 0.4) is 0 Å². The number of carbonyl (C=O) groups is 4. The summed E-state index contributed by atoms with van der Waals surface area (Å²) >= 11 is 0. The summed E-state index contributed by atoms with van der Waals surface area (Å²) in [5.41, 5.74) is 0. The molecule has 0 saturated heterocycles. The third-order valence-electron chi connectivity index (χ3n) is 19.6. The molecule has 600 valence electrons. The Labute approximate surface area is 619 Å². The van der Waals surface area contributed by atoms with Crippen molar-refractivity contribution in [2.75, 3.05) is 39.6 Å². The van der Waals surface area contributed by atoms with Crippen molar-refractivity contribution < 1.29 is 80.2 Å². The predicted molar refractivity (Wildman–Crippen MR) is 414 cm³/mol. The lowest BCUT2D eigenvalue weighted by molar-refractivity contribution is -0.161. The maximum Gasteiger partial charge on any atom is 0.472 e. The molecule has 0 aromatic heterocycles. The number of phosphoric acid groups is 2. The monoisotopic (exact) mass is 1480 g/mol. The molecule has 0 aliphatic rings. The Balaban J connectivity index is 5.23. The van der Waals surface area contributed by atoms with Gasteiger partial charge < -0.3 is 33.8 Å². The molecular formula is C82H160O17P2. The van der Waals surface area contributed by atoms with Gasteiger partial charge in [0.2, 0.25) is 0 Å². The summed E-state index contributed by atoms with van der Waals surface area (Å²) in [5.74, 6) is -0.627. The van der Waals surface area contributed by atoms with Crippen molar-refractivity contribution in [1.82, 2.24) is 0 Å². The van der Waals surface area contributed by atoms with Crippen molar-refractivity contribution in [3.05, 3.63) is 0 Å². The van der Waals surface area contributed by atoms with Crippen LogP contribution in [0.15, 0.2) is 0 Å². The second-order valence-corrected chi connectivity index (χ2v) is 33.1. The number of hydrogen-bond donors (Lipinski definition) is 3. The Morgan fingerprint density at radius 2 is 0.505 bits per heavy atom. The number of rotatable bonds is 81. The average molecular weight is 1480 g/mol. The van der Waals surface area contributed by atoms with Crippen LogP contribution in [0.5, 0.6) is 0 Å². The molecule has 0 aromatic rings. The maximum absolute atomic E-state index is 13.1. The molecular weight excluding hydrogens is 1320 g/mol. The zero-order valence-electron chi connectivity index (χ0n) is 66.2. The number of esters is 4. The molecule has 0 radical (unpaired) electrons. The van der Waals surface area contributed by atoms with Crippen molar-refractivity contribution in [2.24, 2.45) is 11.8 Å². The van der Waals surface area contributed by atoms with Crippen LogP contribution in [0.2, 0.25) is 0 Å². The van der Waals surface area contributed by atoms with Crippen molar-refractivity contribution in [1.29, 1.82) is 0 Å². The Morgan fingerprint density at radius 3 is 0.752 bits per heavy atom. The van der Waals surface area contributed by atoms with E-state index in [1.807, 2.05) is 0 Å². The van der Waals surface area contributed by atoms with E-state index in [1.165, 1.54) is 244 Å². The number of unbranched alkanes of at least 4 members (excludes halogenated alkanes) is 50. The van der Waals surface area contributed by atoms with Crippen LogP contribution >= 0.6 is 15.6 Å². The lowest BCUT2D eigenvalue weighted by Gasteiger charge is -2.21. The molecule has 17 nitrogen and oxygen atoms in total. The quantitative estimate of drug-likeness (QED) is 0.0222. The molecule has 0 rings (SSSR count). The molecule has 0 aromatic carbocycles. The minimum absolute atomic E-state index is 0.105. The second kappa shape index (κ2) is 73.6. The molecule has 3 unspecified atom stereocenters. The SMILES string of the molecule is CCCCCCCCCCCCCCCCCCCCCCC(=O)O[C@H](COC(=O)CCCCCCCCCCCCCCCCCCCC)COP(=O)(O)OC[C@@H](O)COP(=O)(O)OC[C@@H](COC(=O)CCCCCCCCC(C)CC)OC(=O)CCCCCCCCCCCCC(C)C. The van der Waals surface area contributed by atoms with Crippen LogP contribution in [0.4, 0.5) is 0 Å². The van der Waals surface area contributed by atoms with Gasteiger partial charge in [0.1, 0.15) is 19.3 Å². The standard InChI is InChI=1S/C82H160O17P2/c1-7-10-12-14-16-18-20-22-24-26-28-29-31-33-35-37-42-46-54-60-66-81(86)98-77(70-92-79(84)64-58-52-45-41-36-34-32-30-27-25-23-21-19-17-15-13-11-8-2)72-96-100(88,89)94-68-76(83)69-95-101(90,91)97-73-78(71-93-80(85)65-59-53-49-48-51-57-63-75(6)9-3)99-82(87)67-61-55-47-43-39-38-40-44-50-56-62-74(4)5/h74-78,83H,7-73H2,1-6H3,(H,88,89)(H,90,91)/t75?,76-,77-,78-/m1/s1. The third kappa shape index (κ3) is 74.7. The number of phosphoric ester groups is 2. The van der Waals surface area contributed by atoms with E-state index in [4.69, 9.17) is 37.0 Å². The molecule has 6 atom stereocenters. The van der Waals surface area contributed by atoms with E-state index in [2.05, 4.69) is 41.5 Å². The zero-order chi connectivity index (χ0) is 74.2. The topological polar surface area (TPSA) is 237 Å². The van der Waals surface area contributed by atoms with Gasteiger partial charge in [-0.15, -0.1) is 0 Å². The average Bonchev–Trinajstić information content (AvgIpc) is 0.997. The van der Waals surface area contributed by atoms with E-state index in [-0.39, 0.29) is 25.7 Å². The highest BCUT2D eigenvalue weighted by Gasteiger charge is 2.30. The van der Waals surface area contributed by atoms with Crippen molar-refractivity contribution in [2.45, 2.75) is 452 Å². The summed E-state index contributed by atoms with van der Waals surface area (Å²) in [4.78, 5) is 73.0. The smallest absolute Gasteiger partial charge is 0.462 e.